The van der Waals surface area contributed by atoms with Crippen LogP contribution in [0.3, 0.4) is 0 Å². The molecular weight excluding hydrogens is 228 g/mol. The molecule has 1 aliphatic carbocycles. The first-order valence-corrected chi connectivity index (χ1v) is 7.97. The molecule has 2 fully saturated rings. The molecule has 3 rings (SSSR count). The minimum Gasteiger partial charge on any atom is -0.314 e. The fourth-order valence-electron chi connectivity index (χ4n) is 2.80. The molecule has 1 atom stereocenters. The molecule has 0 bridgehead atoms. The molecule has 1 aliphatic heterocycles. The zero-order chi connectivity index (χ0) is 11.5. The molecule has 3 heteroatoms. The molecule has 94 valence electrons. The third kappa shape index (κ3) is 2.89. The molecule has 1 unspecified atom stereocenters. The van der Waals surface area contributed by atoms with Gasteiger partial charge in [0.15, 0.2) is 0 Å². The summed E-state index contributed by atoms with van der Waals surface area (Å²) in [7, 11) is 0. The average Bonchev–Trinajstić information content (AvgIpc) is 2.74. The Morgan fingerprint density at radius 2 is 2.18 bits per heavy atom. The summed E-state index contributed by atoms with van der Waals surface area (Å²) in [6.45, 7) is 1.22. The van der Waals surface area contributed by atoms with Gasteiger partial charge in [-0.05, 0) is 38.6 Å². The summed E-state index contributed by atoms with van der Waals surface area (Å²) < 4.78 is 0. The Bertz CT molecular complexity index is 351. The minimum absolute atomic E-state index is 0.750. The van der Waals surface area contributed by atoms with E-state index in [4.69, 9.17) is 4.98 Å². The van der Waals surface area contributed by atoms with E-state index in [0.29, 0.717) is 0 Å². The summed E-state index contributed by atoms with van der Waals surface area (Å²) in [6, 6.07) is 0.750. The van der Waals surface area contributed by atoms with Crippen LogP contribution in [0.15, 0.2) is 5.38 Å². The molecule has 0 radical (unpaired) electrons. The predicted molar refractivity (Wildman–Crippen MR) is 72.7 cm³/mol. The summed E-state index contributed by atoms with van der Waals surface area (Å²) in [4.78, 5) is 4.81. The lowest BCUT2D eigenvalue weighted by atomic mass is 9.83. The maximum Gasteiger partial charge on any atom is 0.0928 e. The summed E-state index contributed by atoms with van der Waals surface area (Å²) in [5, 5.41) is 7.28. The van der Waals surface area contributed by atoms with Crippen LogP contribution in [-0.2, 0) is 6.42 Å². The smallest absolute Gasteiger partial charge is 0.0928 e. The molecule has 1 N–H and O–H groups in total. The SMILES string of the molecule is c1sc(CCC2CCCCN2)nc1C1CCC1. The first kappa shape index (κ1) is 11.7. The van der Waals surface area contributed by atoms with E-state index in [9.17, 15) is 0 Å². The van der Waals surface area contributed by atoms with Crippen molar-refractivity contribution in [2.45, 2.75) is 63.3 Å². The van der Waals surface area contributed by atoms with Crippen LogP contribution in [0.2, 0.25) is 0 Å². The van der Waals surface area contributed by atoms with Crippen molar-refractivity contribution in [1.82, 2.24) is 10.3 Å². The second kappa shape index (κ2) is 5.49. The lowest BCUT2D eigenvalue weighted by Gasteiger charge is -2.23. The average molecular weight is 250 g/mol. The molecule has 0 spiro atoms. The number of piperidine rings is 1. The number of hydrogen-bond donors (Lipinski definition) is 1. The van der Waals surface area contributed by atoms with Gasteiger partial charge in [0.2, 0.25) is 0 Å². The van der Waals surface area contributed by atoms with Crippen LogP contribution in [0.4, 0.5) is 0 Å². The highest BCUT2D eigenvalue weighted by molar-refractivity contribution is 7.09. The van der Waals surface area contributed by atoms with Gasteiger partial charge in [-0.3, -0.25) is 0 Å². The van der Waals surface area contributed by atoms with E-state index in [1.165, 1.54) is 68.6 Å². The highest BCUT2D eigenvalue weighted by Gasteiger charge is 2.22. The lowest BCUT2D eigenvalue weighted by Crippen LogP contribution is -2.34. The quantitative estimate of drug-likeness (QED) is 0.885. The molecule has 1 aromatic rings. The van der Waals surface area contributed by atoms with E-state index in [2.05, 4.69) is 10.7 Å². The number of aryl methyl sites for hydroxylation is 1. The number of hydrogen-bond acceptors (Lipinski definition) is 3. The minimum atomic E-state index is 0.750. The first-order chi connectivity index (χ1) is 8.42. The van der Waals surface area contributed by atoms with Crippen molar-refractivity contribution in [2.24, 2.45) is 0 Å². The molecule has 2 heterocycles. The van der Waals surface area contributed by atoms with Gasteiger partial charge in [0.25, 0.3) is 0 Å². The molecule has 2 aliphatic rings. The highest BCUT2D eigenvalue weighted by atomic mass is 32.1. The van der Waals surface area contributed by atoms with E-state index in [0.717, 1.165) is 12.0 Å². The van der Waals surface area contributed by atoms with Crippen molar-refractivity contribution < 1.29 is 0 Å². The van der Waals surface area contributed by atoms with Crippen molar-refractivity contribution in [1.29, 1.82) is 0 Å². The summed E-state index contributed by atoms with van der Waals surface area (Å²) in [5.74, 6) is 0.799. The number of nitrogens with zero attached hydrogens (tertiary/aromatic N) is 1. The maximum absolute atomic E-state index is 4.81. The Morgan fingerprint density at radius 1 is 1.24 bits per heavy atom. The molecule has 1 aromatic heterocycles. The second-order valence-corrected chi connectivity index (χ2v) is 6.42. The first-order valence-electron chi connectivity index (χ1n) is 7.09. The van der Waals surface area contributed by atoms with Crippen LogP contribution in [-0.4, -0.2) is 17.6 Å². The lowest BCUT2D eigenvalue weighted by molar-refractivity contribution is 0.382. The standard InChI is InChI=1S/C14H22N2S/c1-2-9-15-12(6-1)7-8-14-16-13(10-17-14)11-4-3-5-11/h10-12,15H,1-9H2. The van der Waals surface area contributed by atoms with Crippen LogP contribution >= 0.6 is 11.3 Å². The largest absolute Gasteiger partial charge is 0.314 e. The van der Waals surface area contributed by atoms with Gasteiger partial charge < -0.3 is 5.32 Å². The molecule has 0 amide bonds. The van der Waals surface area contributed by atoms with Crippen LogP contribution in [0.1, 0.15) is 61.6 Å². The van der Waals surface area contributed by atoms with Crippen LogP contribution in [0, 0.1) is 0 Å². The van der Waals surface area contributed by atoms with Gasteiger partial charge in [-0.15, -0.1) is 11.3 Å². The Morgan fingerprint density at radius 3 is 2.88 bits per heavy atom. The van der Waals surface area contributed by atoms with E-state index in [1.54, 1.807) is 0 Å². The van der Waals surface area contributed by atoms with Crippen LogP contribution in [0.25, 0.3) is 0 Å². The van der Waals surface area contributed by atoms with Gasteiger partial charge in [0.1, 0.15) is 0 Å². The van der Waals surface area contributed by atoms with Crippen molar-refractivity contribution in [2.75, 3.05) is 6.54 Å². The molecule has 0 aromatic carbocycles. The van der Waals surface area contributed by atoms with Crippen molar-refractivity contribution >= 4 is 11.3 Å². The van der Waals surface area contributed by atoms with Gasteiger partial charge in [-0.2, -0.15) is 0 Å². The zero-order valence-corrected chi connectivity index (χ0v) is 11.3. The third-order valence-electron chi connectivity index (χ3n) is 4.21. The van der Waals surface area contributed by atoms with Crippen molar-refractivity contribution in [3.05, 3.63) is 16.1 Å². The number of aromatic nitrogens is 1. The highest BCUT2D eigenvalue weighted by Crippen LogP contribution is 2.36. The van der Waals surface area contributed by atoms with Gasteiger partial charge >= 0.3 is 0 Å². The Kier molecular flexibility index (Phi) is 3.77. The van der Waals surface area contributed by atoms with Crippen LogP contribution < -0.4 is 5.32 Å². The number of thiazole rings is 1. The van der Waals surface area contributed by atoms with Crippen LogP contribution in [0.5, 0.6) is 0 Å². The van der Waals surface area contributed by atoms with E-state index in [-0.39, 0.29) is 0 Å². The van der Waals surface area contributed by atoms with Gasteiger partial charge in [-0.1, -0.05) is 12.8 Å². The molecular formula is C14H22N2S. The Labute approximate surface area is 108 Å². The number of rotatable bonds is 4. The normalized spacial score (nSPS) is 25.8. The fraction of sp³-hybridized carbons (Fsp3) is 0.786. The summed E-state index contributed by atoms with van der Waals surface area (Å²) >= 11 is 1.88. The topological polar surface area (TPSA) is 24.9 Å². The fourth-order valence-corrected chi connectivity index (χ4v) is 3.70. The summed E-state index contributed by atoms with van der Waals surface area (Å²) in [6.07, 6.45) is 10.7. The van der Waals surface area contributed by atoms with E-state index >= 15 is 0 Å². The van der Waals surface area contributed by atoms with Gasteiger partial charge in [0.05, 0.1) is 10.7 Å². The van der Waals surface area contributed by atoms with E-state index < -0.39 is 0 Å². The third-order valence-corrected chi connectivity index (χ3v) is 5.14. The zero-order valence-electron chi connectivity index (χ0n) is 10.5. The molecule has 1 saturated heterocycles. The predicted octanol–water partition coefficient (Wildman–Crippen LogP) is 3.49. The Balaban J connectivity index is 1.48. The maximum atomic E-state index is 4.81. The van der Waals surface area contributed by atoms with Gasteiger partial charge in [-0.25, -0.2) is 4.98 Å². The monoisotopic (exact) mass is 250 g/mol. The Hall–Kier alpha value is -0.410. The summed E-state index contributed by atoms with van der Waals surface area (Å²) in [5.41, 5.74) is 1.38. The van der Waals surface area contributed by atoms with E-state index in [1.807, 2.05) is 11.3 Å². The second-order valence-electron chi connectivity index (χ2n) is 5.48. The van der Waals surface area contributed by atoms with Crippen molar-refractivity contribution in [3.8, 4) is 0 Å². The molecule has 1 saturated carbocycles. The van der Waals surface area contributed by atoms with Gasteiger partial charge in [0, 0.05) is 23.8 Å². The van der Waals surface area contributed by atoms with Crippen molar-refractivity contribution in [3.63, 3.8) is 0 Å². The number of nitrogens with one attached hydrogen (secondary N) is 1. The molecule has 2 nitrogen and oxygen atoms in total. The molecule has 17 heavy (non-hydrogen) atoms.